The van der Waals surface area contributed by atoms with E-state index < -0.39 is 0 Å². The number of hydrogen-bond donors (Lipinski definition) is 0. The Kier molecular flexibility index (Phi) is 8.97. The van der Waals surface area contributed by atoms with E-state index in [9.17, 15) is 0 Å². The zero-order chi connectivity index (χ0) is 46.0. The van der Waals surface area contributed by atoms with Crippen molar-refractivity contribution in [2.24, 2.45) is 7.05 Å². The van der Waals surface area contributed by atoms with Crippen molar-refractivity contribution in [2.75, 3.05) is 14.7 Å². The van der Waals surface area contributed by atoms with Gasteiger partial charge in [-0.2, -0.15) is 0 Å². The average molecular weight is 952 g/mol. The Morgan fingerprint density at radius 2 is 0.786 bits per heavy atom. The zero-order valence-electron chi connectivity index (χ0n) is 38.0. The number of nitrogens with zero attached hydrogens (tertiary/aromatic N) is 5. The molecule has 15 rings (SSSR count). The summed E-state index contributed by atoms with van der Waals surface area (Å²) in [7, 11) is 2.20. The van der Waals surface area contributed by atoms with E-state index in [1.165, 1.54) is 118 Å². The van der Waals surface area contributed by atoms with Gasteiger partial charge in [-0.25, -0.2) is 0 Å². The second kappa shape index (κ2) is 15.6. The first-order chi connectivity index (χ1) is 34.6. The third-order valence-corrected chi connectivity index (χ3v) is 17.8. The lowest BCUT2D eigenvalue weighted by Crippen LogP contribution is -2.22. The maximum Gasteiger partial charge on any atom is 0.0605 e. The van der Waals surface area contributed by atoms with Gasteiger partial charge < -0.3 is 23.8 Å². The highest BCUT2D eigenvalue weighted by Crippen LogP contribution is 2.56. The second-order valence-corrected chi connectivity index (χ2v) is 21.4. The van der Waals surface area contributed by atoms with E-state index in [2.05, 4.69) is 249 Å². The zero-order valence-corrected chi connectivity index (χ0v) is 40.4. The minimum Gasteiger partial charge on any atom is -0.344 e. The third-order valence-electron chi connectivity index (χ3n) is 14.3. The number of fused-ring (bicyclic) bond motifs is 12. The van der Waals surface area contributed by atoms with Crippen LogP contribution in [0.1, 0.15) is 5.56 Å². The topological polar surface area (TPSA) is 19.6 Å². The molecular formula is C62H41N5S3. The molecule has 0 unspecified atom stereocenters. The molecule has 0 fully saturated rings. The fourth-order valence-electron chi connectivity index (χ4n) is 11.2. The maximum atomic E-state index is 2.54. The fourth-order valence-corrected chi connectivity index (χ4v) is 14.5. The van der Waals surface area contributed by atoms with E-state index in [-0.39, 0.29) is 0 Å². The molecule has 0 atom stereocenters. The Morgan fingerprint density at radius 3 is 1.40 bits per heavy atom. The van der Waals surface area contributed by atoms with Crippen LogP contribution in [0.15, 0.2) is 248 Å². The number of para-hydroxylation sites is 6. The number of rotatable bonds is 5. The Labute approximate surface area is 418 Å². The van der Waals surface area contributed by atoms with Crippen LogP contribution in [-0.4, -0.2) is 9.13 Å². The Balaban J connectivity index is 0.847. The molecule has 2 aromatic heterocycles. The maximum absolute atomic E-state index is 2.54. The van der Waals surface area contributed by atoms with Gasteiger partial charge in [0.25, 0.3) is 0 Å². The molecule has 0 radical (unpaired) electrons. The van der Waals surface area contributed by atoms with Crippen molar-refractivity contribution in [3.8, 4) is 5.69 Å². The van der Waals surface area contributed by atoms with E-state index >= 15 is 0 Å². The van der Waals surface area contributed by atoms with Crippen molar-refractivity contribution in [3.05, 3.63) is 224 Å². The summed E-state index contributed by atoms with van der Waals surface area (Å²) in [6, 6.07) is 80.8. The van der Waals surface area contributed by atoms with Crippen LogP contribution < -0.4 is 14.7 Å². The fraction of sp³-hybridized carbons (Fsp3) is 0.0323. The van der Waals surface area contributed by atoms with Crippen LogP contribution in [0.4, 0.5) is 45.5 Å². The van der Waals surface area contributed by atoms with Gasteiger partial charge in [0.2, 0.25) is 0 Å². The van der Waals surface area contributed by atoms with Crippen LogP contribution in [0.2, 0.25) is 0 Å². The Morgan fingerprint density at radius 1 is 0.329 bits per heavy atom. The van der Waals surface area contributed by atoms with Gasteiger partial charge in [-0.15, -0.1) is 0 Å². The van der Waals surface area contributed by atoms with E-state index in [1.807, 2.05) is 35.3 Å². The molecule has 70 heavy (non-hydrogen) atoms. The van der Waals surface area contributed by atoms with Gasteiger partial charge in [0.1, 0.15) is 0 Å². The van der Waals surface area contributed by atoms with Gasteiger partial charge in [-0.1, -0.05) is 132 Å². The molecule has 3 aliphatic rings. The summed E-state index contributed by atoms with van der Waals surface area (Å²) in [5.74, 6) is 0. The minimum absolute atomic E-state index is 0.720. The lowest BCUT2D eigenvalue weighted by atomic mass is 10.1. The van der Waals surface area contributed by atoms with Gasteiger partial charge in [-0.05, 0) is 127 Å². The standard InChI is InChI=1S/C62H41N5S3/c1-63-47-32-29-40(66-53-21-7-11-26-58(53)68-59-27-12-8-22-54(59)66)35-45(47)46-36-41(30-33-48(46)63)67-55-23-9-13-28-60(55)70-62-39(15-14-24-56(62)67)38-64-51-20-6-10-25-57(51)69-61-37-42(31-34-52(61)64)65-49-18-4-2-16-43(49)44-17-3-5-19-50(44)65/h2-37H,38H2,1H3. The molecule has 0 bridgehead atoms. The normalized spacial score (nSPS) is 13.6. The summed E-state index contributed by atoms with van der Waals surface area (Å²) in [5.41, 5.74) is 16.9. The molecule has 3 aliphatic heterocycles. The molecule has 0 N–H and O–H groups in total. The molecule has 0 saturated heterocycles. The lowest BCUT2D eigenvalue weighted by molar-refractivity contribution is 0.913. The number of hydrogen-bond acceptors (Lipinski definition) is 6. The first kappa shape index (κ1) is 40.2. The van der Waals surface area contributed by atoms with Crippen molar-refractivity contribution < 1.29 is 0 Å². The molecule has 5 heterocycles. The Hall–Kier alpha value is -7.75. The lowest BCUT2D eigenvalue weighted by Gasteiger charge is -2.36. The number of aromatic nitrogens is 2. The third kappa shape index (κ3) is 6.03. The van der Waals surface area contributed by atoms with E-state index in [1.54, 1.807) is 0 Å². The predicted molar refractivity (Wildman–Crippen MR) is 295 cm³/mol. The molecule has 5 nitrogen and oxygen atoms in total. The van der Waals surface area contributed by atoms with Crippen LogP contribution in [0.25, 0.3) is 49.3 Å². The first-order valence-electron chi connectivity index (χ1n) is 23.7. The molecule has 0 amide bonds. The van der Waals surface area contributed by atoms with E-state index in [0.717, 1.165) is 17.9 Å². The largest absolute Gasteiger partial charge is 0.344 e. The highest BCUT2D eigenvalue weighted by molar-refractivity contribution is 8.00. The van der Waals surface area contributed by atoms with Gasteiger partial charge >= 0.3 is 0 Å². The van der Waals surface area contributed by atoms with Gasteiger partial charge in [0.05, 0.1) is 45.2 Å². The minimum atomic E-state index is 0.720. The molecule has 8 heteroatoms. The molecule has 10 aromatic carbocycles. The number of anilines is 8. The molecule has 0 saturated carbocycles. The molecule has 0 spiro atoms. The molecule has 0 aliphatic carbocycles. The molecular weight excluding hydrogens is 911 g/mol. The van der Waals surface area contributed by atoms with Crippen molar-refractivity contribution in [3.63, 3.8) is 0 Å². The van der Waals surface area contributed by atoms with Crippen molar-refractivity contribution >= 4 is 124 Å². The van der Waals surface area contributed by atoms with E-state index in [0.29, 0.717) is 0 Å². The van der Waals surface area contributed by atoms with Crippen LogP contribution in [-0.2, 0) is 13.6 Å². The van der Waals surface area contributed by atoms with Crippen molar-refractivity contribution in [2.45, 2.75) is 35.9 Å². The summed E-state index contributed by atoms with van der Waals surface area (Å²) >= 11 is 5.60. The molecule has 332 valence electrons. The van der Waals surface area contributed by atoms with Crippen molar-refractivity contribution in [1.82, 2.24) is 9.13 Å². The SMILES string of the molecule is Cn1c2ccc(N3c4ccccc4Sc4ccccc43)cc2c2cc(N3c4ccccc4Sc4c(CN5c6ccccc6Sc6cc(-n7c8ccccc8c8ccccc87)ccc65)cccc43)ccc21. The highest BCUT2D eigenvalue weighted by Gasteiger charge is 2.31. The van der Waals surface area contributed by atoms with Crippen LogP contribution in [0.3, 0.4) is 0 Å². The van der Waals surface area contributed by atoms with Crippen LogP contribution >= 0.6 is 35.3 Å². The average Bonchev–Trinajstić information content (AvgIpc) is 3.90. The van der Waals surface area contributed by atoms with Crippen LogP contribution in [0.5, 0.6) is 0 Å². The predicted octanol–water partition coefficient (Wildman–Crippen LogP) is 18.1. The smallest absolute Gasteiger partial charge is 0.0605 e. The first-order valence-corrected chi connectivity index (χ1v) is 26.1. The van der Waals surface area contributed by atoms with Gasteiger partial charge in [0, 0.05) is 92.6 Å². The number of benzene rings is 10. The monoisotopic (exact) mass is 951 g/mol. The highest BCUT2D eigenvalue weighted by atomic mass is 32.2. The molecule has 12 aromatic rings. The van der Waals surface area contributed by atoms with Gasteiger partial charge in [0.15, 0.2) is 0 Å². The van der Waals surface area contributed by atoms with Crippen molar-refractivity contribution in [1.29, 1.82) is 0 Å². The van der Waals surface area contributed by atoms with Gasteiger partial charge in [-0.3, -0.25) is 0 Å². The quantitative estimate of drug-likeness (QED) is 0.170. The Bertz CT molecular complexity index is 4050. The summed E-state index contributed by atoms with van der Waals surface area (Å²) in [4.78, 5) is 15.0. The summed E-state index contributed by atoms with van der Waals surface area (Å²) in [6.07, 6.45) is 0. The second-order valence-electron chi connectivity index (χ2n) is 18.2. The summed E-state index contributed by atoms with van der Waals surface area (Å²) in [6.45, 7) is 0.720. The van der Waals surface area contributed by atoms with Crippen LogP contribution in [0, 0.1) is 0 Å². The van der Waals surface area contributed by atoms with E-state index in [4.69, 9.17) is 0 Å². The summed E-state index contributed by atoms with van der Waals surface area (Å²) in [5, 5.41) is 5.01. The number of aryl methyl sites for hydroxylation is 1. The summed E-state index contributed by atoms with van der Waals surface area (Å²) < 4.78 is 4.77.